The van der Waals surface area contributed by atoms with E-state index in [0.717, 1.165) is 22.8 Å². The van der Waals surface area contributed by atoms with Gasteiger partial charge in [-0.25, -0.2) is 14.6 Å². The number of methoxy groups -OCH3 is 2. The molecule has 0 amide bonds. The van der Waals surface area contributed by atoms with Crippen LogP contribution in [-0.4, -0.2) is 32.0 Å². The van der Waals surface area contributed by atoms with Crippen molar-refractivity contribution in [3.05, 3.63) is 95.1 Å². The highest BCUT2D eigenvalue weighted by Crippen LogP contribution is 2.31. The summed E-state index contributed by atoms with van der Waals surface area (Å²) in [4.78, 5) is 30.4. The molecule has 0 N–H and O–H groups in total. The predicted molar refractivity (Wildman–Crippen MR) is 114 cm³/mol. The monoisotopic (exact) mass is 400 g/mol. The minimum atomic E-state index is -0.382. The van der Waals surface area contributed by atoms with Crippen molar-refractivity contribution < 1.29 is 19.1 Å². The summed E-state index contributed by atoms with van der Waals surface area (Å²) in [5.74, 6) is 0.0563. The maximum absolute atomic E-state index is 11.7. The molecule has 1 aliphatic heterocycles. The zero-order valence-electron chi connectivity index (χ0n) is 16.7. The molecule has 150 valence electrons. The Morgan fingerprint density at radius 1 is 0.800 bits per heavy atom. The van der Waals surface area contributed by atoms with E-state index in [1.165, 1.54) is 19.8 Å². The maximum atomic E-state index is 11.7. The van der Waals surface area contributed by atoms with E-state index in [0.29, 0.717) is 17.7 Å². The summed E-state index contributed by atoms with van der Waals surface area (Å²) in [7, 11) is 2.72. The number of hydrogen-bond acceptors (Lipinski definition) is 5. The average molecular weight is 400 g/mol. The lowest BCUT2D eigenvalue weighted by molar-refractivity contribution is 0.0592. The Labute approximate surface area is 174 Å². The van der Waals surface area contributed by atoms with Gasteiger partial charge in [0.15, 0.2) is 0 Å². The van der Waals surface area contributed by atoms with Crippen LogP contribution in [0.5, 0.6) is 0 Å². The summed E-state index contributed by atoms with van der Waals surface area (Å²) in [5, 5.41) is 0. The van der Waals surface area contributed by atoms with Crippen LogP contribution in [0.15, 0.2) is 77.8 Å². The first-order chi connectivity index (χ1) is 14.6. The molecule has 0 aromatic heterocycles. The molecule has 0 bridgehead atoms. The van der Waals surface area contributed by atoms with Gasteiger partial charge >= 0.3 is 11.9 Å². The molecule has 0 fully saturated rings. The highest BCUT2D eigenvalue weighted by molar-refractivity contribution is 6.14. The molecule has 0 unspecified atom stereocenters. The molecule has 0 saturated heterocycles. The van der Waals surface area contributed by atoms with Crippen LogP contribution in [-0.2, 0) is 16.0 Å². The second-order valence-corrected chi connectivity index (χ2v) is 6.76. The fraction of sp³-hybridized carbons (Fsp3) is 0.125. The van der Waals surface area contributed by atoms with Gasteiger partial charge < -0.3 is 14.4 Å². The van der Waals surface area contributed by atoms with Crippen LogP contribution in [0.25, 0.3) is 0 Å². The average Bonchev–Trinajstić information content (AvgIpc) is 3.17. The molecular formula is C24H20N2O4. The number of rotatable bonds is 4. The molecule has 0 radical (unpaired) electrons. The summed E-state index contributed by atoms with van der Waals surface area (Å²) in [6, 6.07) is 22.3. The van der Waals surface area contributed by atoms with Crippen molar-refractivity contribution in [3.8, 4) is 0 Å². The van der Waals surface area contributed by atoms with Crippen LogP contribution >= 0.6 is 0 Å². The van der Waals surface area contributed by atoms with Crippen LogP contribution in [0.1, 0.15) is 31.8 Å². The van der Waals surface area contributed by atoms with Gasteiger partial charge in [0.2, 0.25) is 0 Å². The van der Waals surface area contributed by atoms with Crippen LogP contribution in [0.4, 0.5) is 11.4 Å². The summed E-state index contributed by atoms with van der Waals surface area (Å²) >= 11 is 0. The fourth-order valence-electron chi connectivity index (χ4n) is 3.41. The number of carbonyl (C=O) groups is 2. The van der Waals surface area contributed by atoms with Gasteiger partial charge in [-0.1, -0.05) is 24.3 Å². The summed E-state index contributed by atoms with van der Waals surface area (Å²) in [5.41, 5.74) is 4.83. The molecule has 3 aromatic rings. The molecule has 0 spiro atoms. The predicted octanol–water partition coefficient (Wildman–Crippen LogP) is 4.36. The van der Waals surface area contributed by atoms with Crippen LogP contribution in [0.3, 0.4) is 0 Å². The Balaban J connectivity index is 1.71. The van der Waals surface area contributed by atoms with E-state index in [4.69, 9.17) is 14.5 Å². The van der Waals surface area contributed by atoms with Crippen molar-refractivity contribution in [2.24, 2.45) is 4.99 Å². The molecule has 3 aromatic carbocycles. The number of aliphatic imine (C=N–C) groups is 1. The molecule has 4 rings (SSSR count). The number of nitrogens with zero attached hydrogens (tertiary/aromatic N) is 2. The first-order valence-corrected chi connectivity index (χ1v) is 9.42. The van der Waals surface area contributed by atoms with Gasteiger partial charge in [-0.2, -0.15) is 0 Å². The van der Waals surface area contributed by atoms with E-state index in [2.05, 4.69) is 11.0 Å². The zero-order chi connectivity index (χ0) is 21.1. The smallest absolute Gasteiger partial charge is 0.337 e. The second kappa shape index (κ2) is 8.21. The number of carbonyl (C=O) groups excluding carboxylic acids is 2. The van der Waals surface area contributed by atoms with Crippen LogP contribution < -0.4 is 4.90 Å². The summed E-state index contributed by atoms with van der Waals surface area (Å²) in [6.45, 7) is 0.673. The van der Waals surface area contributed by atoms with Crippen molar-refractivity contribution in [2.75, 3.05) is 19.1 Å². The van der Waals surface area contributed by atoms with E-state index >= 15 is 0 Å². The minimum absolute atomic E-state index is 0.370. The Hall–Kier alpha value is -3.93. The van der Waals surface area contributed by atoms with E-state index in [9.17, 15) is 9.59 Å². The van der Waals surface area contributed by atoms with Gasteiger partial charge in [-0.3, -0.25) is 0 Å². The molecular weight excluding hydrogens is 380 g/mol. The minimum Gasteiger partial charge on any atom is -0.465 e. The van der Waals surface area contributed by atoms with Crippen LogP contribution in [0, 0.1) is 0 Å². The van der Waals surface area contributed by atoms with Crippen molar-refractivity contribution in [3.63, 3.8) is 0 Å². The van der Waals surface area contributed by atoms with E-state index < -0.39 is 0 Å². The lowest BCUT2D eigenvalue weighted by atomic mass is 10.1. The molecule has 0 aliphatic carbocycles. The van der Waals surface area contributed by atoms with E-state index in [1.807, 2.05) is 30.3 Å². The van der Waals surface area contributed by atoms with E-state index in [-0.39, 0.29) is 11.9 Å². The molecule has 1 aliphatic rings. The standard InChI is InChI=1S/C24H20N2O4/c1-29-23(27)16-7-11-19(12-8-16)25-22-21-6-4-3-5-18(21)15-26(22)20-13-9-17(10-14-20)24(28)30-2/h3-14H,15H2,1-2H3. The fourth-order valence-corrected chi connectivity index (χ4v) is 3.41. The van der Waals surface area contributed by atoms with Gasteiger partial charge in [-0.05, 0) is 54.1 Å². The normalized spacial score (nSPS) is 13.8. The number of hydrogen-bond donors (Lipinski definition) is 0. The van der Waals surface area contributed by atoms with Gasteiger partial charge in [0.25, 0.3) is 0 Å². The third-order valence-electron chi connectivity index (χ3n) is 4.97. The number of fused-ring (bicyclic) bond motifs is 1. The Bertz CT molecular complexity index is 1120. The first-order valence-electron chi connectivity index (χ1n) is 9.42. The lowest BCUT2D eigenvalue weighted by Gasteiger charge is -2.19. The Morgan fingerprint density at radius 3 is 1.97 bits per heavy atom. The Morgan fingerprint density at radius 2 is 1.37 bits per heavy atom. The van der Waals surface area contributed by atoms with Crippen molar-refractivity contribution in [2.45, 2.75) is 6.54 Å². The highest BCUT2D eigenvalue weighted by Gasteiger charge is 2.26. The summed E-state index contributed by atoms with van der Waals surface area (Å²) in [6.07, 6.45) is 0. The molecule has 0 atom stereocenters. The lowest BCUT2D eigenvalue weighted by Crippen LogP contribution is -2.24. The molecule has 1 heterocycles. The molecule has 30 heavy (non-hydrogen) atoms. The number of anilines is 1. The first kappa shape index (κ1) is 19.4. The molecule has 6 heteroatoms. The largest absolute Gasteiger partial charge is 0.465 e. The van der Waals surface area contributed by atoms with Gasteiger partial charge in [0, 0.05) is 11.3 Å². The third-order valence-corrected chi connectivity index (χ3v) is 4.97. The van der Waals surface area contributed by atoms with Crippen LogP contribution in [0.2, 0.25) is 0 Å². The van der Waals surface area contributed by atoms with Gasteiger partial charge in [0.1, 0.15) is 5.84 Å². The van der Waals surface area contributed by atoms with E-state index in [1.54, 1.807) is 36.4 Å². The second-order valence-electron chi connectivity index (χ2n) is 6.76. The number of ether oxygens (including phenoxy) is 2. The highest BCUT2D eigenvalue weighted by atomic mass is 16.5. The number of benzene rings is 3. The number of esters is 2. The SMILES string of the molecule is COC(=O)c1ccc(N=C2c3ccccc3CN2c2ccc(C(=O)OC)cc2)cc1. The van der Waals surface area contributed by atoms with Gasteiger partial charge in [-0.15, -0.1) is 0 Å². The zero-order valence-corrected chi connectivity index (χ0v) is 16.7. The Kier molecular flexibility index (Phi) is 5.30. The third kappa shape index (κ3) is 3.67. The summed E-state index contributed by atoms with van der Waals surface area (Å²) < 4.78 is 9.53. The molecule has 6 nitrogen and oxygen atoms in total. The van der Waals surface area contributed by atoms with Crippen molar-refractivity contribution in [1.29, 1.82) is 0 Å². The maximum Gasteiger partial charge on any atom is 0.337 e. The van der Waals surface area contributed by atoms with Crippen molar-refractivity contribution in [1.82, 2.24) is 0 Å². The topological polar surface area (TPSA) is 68.2 Å². The van der Waals surface area contributed by atoms with Gasteiger partial charge in [0.05, 0.1) is 37.6 Å². The van der Waals surface area contributed by atoms with Crippen molar-refractivity contribution >= 4 is 29.1 Å². The quantitative estimate of drug-likeness (QED) is 0.609. The molecule has 0 saturated carbocycles. The number of amidine groups is 1.